The van der Waals surface area contributed by atoms with Crippen LogP contribution in [0.15, 0.2) is 42.6 Å². The van der Waals surface area contributed by atoms with E-state index < -0.39 is 17.6 Å². The van der Waals surface area contributed by atoms with E-state index in [1.807, 2.05) is 10.6 Å². The third-order valence-electron chi connectivity index (χ3n) is 7.60. The molecule has 4 aromatic rings. The van der Waals surface area contributed by atoms with Gasteiger partial charge in [-0.05, 0) is 49.6 Å². The van der Waals surface area contributed by atoms with E-state index in [1.165, 1.54) is 18.2 Å². The molecule has 0 bridgehead atoms. The first-order chi connectivity index (χ1) is 20.9. The van der Waals surface area contributed by atoms with Crippen LogP contribution in [-0.2, 0) is 24.4 Å². The van der Waals surface area contributed by atoms with Crippen molar-refractivity contribution in [3.05, 3.63) is 77.0 Å². The van der Waals surface area contributed by atoms with Crippen molar-refractivity contribution in [3.63, 3.8) is 0 Å². The highest BCUT2D eigenvalue weighted by atomic mass is 19.1. The molecule has 0 unspecified atom stereocenters. The van der Waals surface area contributed by atoms with Crippen LogP contribution in [0.4, 0.5) is 8.78 Å². The molecule has 2 saturated heterocycles. The maximum absolute atomic E-state index is 14.8. The molecule has 2 aromatic carbocycles. The zero-order chi connectivity index (χ0) is 29.9. The molecular weight excluding hydrogens is 562 g/mol. The second kappa shape index (κ2) is 12.3. The second-order valence-electron chi connectivity index (χ2n) is 10.5. The number of nitriles is 1. The summed E-state index contributed by atoms with van der Waals surface area (Å²) in [4.78, 5) is 26.9. The Kier molecular flexibility index (Phi) is 8.13. The average Bonchev–Trinajstić information content (AvgIpc) is 3.32. The van der Waals surface area contributed by atoms with Gasteiger partial charge in [-0.15, -0.1) is 0 Å². The van der Waals surface area contributed by atoms with Gasteiger partial charge < -0.3 is 23.9 Å². The molecule has 11 nitrogen and oxygen atoms in total. The number of carboxylic acids is 1. The Morgan fingerprint density at radius 3 is 2.63 bits per heavy atom. The topological polar surface area (TPSA) is 136 Å². The van der Waals surface area contributed by atoms with E-state index in [-0.39, 0.29) is 41.2 Å². The lowest BCUT2D eigenvalue weighted by molar-refractivity contribution is -0.0592. The Labute approximate surface area is 245 Å². The molecule has 2 aliphatic rings. The van der Waals surface area contributed by atoms with Crippen molar-refractivity contribution in [1.29, 1.82) is 5.26 Å². The normalized spacial score (nSPS) is 17.4. The number of aromatic nitrogens is 4. The fraction of sp³-hybridized carbons (Fsp3) is 0.367. The van der Waals surface area contributed by atoms with Gasteiger partial charge in [0.2, 0.25) is 5.88 Å². The van der Waals surface area contributed by atoms with Crippen LogP contribution in [0.2, 0.25) is 0 Å². The molecular formula is C30H28F2N6O5. The van der Waals surface area contributed by atoms with Crippen LogP contribution >= 0.6 is 0 Å². The first-order valence-corrected chi connectivity index (χ1v) is 13.9. The number of hydrogen-bond acceptors (Lipinski definition) is 9. The minimum absolute atomic E-state index is 0.0000921. The predicted octanol–water partition coefficient (Wildman–Crippen LogP) is 4.09. The molecule has 2 aliphatic heterocycles. The van der Waals surface area contributed by atoms with Crippen LogP contribution in [-0.4, -0.2) is 67.4 Å². The molecule has 2 aromatic heterocycles. The van der Waals surface area contributed by atoms with E-state index in [0.717, 1.165) is 31.4 Å². The lowest BCUT2D eigenvalue weighted by atomic mass is 10.1. The Balaban J connectivity index is 1.07. The number of aromatic carboxylic acids is 1. The Morgan fingerprint density at radius 2 is 1.93 bits per heavy atom. The Morgan fingerprint density at radius 1 is 1.12 bits per heavy atom. The quantitative estimate of drug-likeness (QED) is 0.288. The third kappa shape index (κ3) is 6.40. The number of ether oxygens (including phenoxy) is 3. The number of imidazole rings is 1. The van der Waals surface area contributed by atoms with Crippen LogP contribution < -0.4 is 9.47 Å². The van der Waals surface area contributed by atoms with Crippen molar-refractivity contribution in [3.8, 4) is 17.7 Å². The van der Waals surface area contributed by atoms with Crippen molar-refractivity contribution < 1.29 is 32.9 Å². The largest absolute Gasteiger partial charge is 0.483 e. The van der Waals surface area contributed by atoms with Gasteiger partial charge in [0.05, 0.1) is 41.9 Å². The van der Waals surface area contributed by atoms with Crippen LogP contribution in [0, 0.1) is 23.0 Å². The lowest BCUT2D eigenvalue weighted by Gasteiger charge is -2.32. The van der Waals surface area contributed by atoms with E-state index in [4.69, 9.17) is 19.5 Å². The number of benzene rings is 2. The maximum Gasteiger partial charge on any atom is 0.335 e. The number of hydrogen-bond donors (Lipinski definition) is 1. The van der Waals surface area contributed by atoms with Gasteiger partial charge >= 0.3 is 5.97 Å². The summed E-state index contributed by atoms with van der Waals surface area (Å²) in [6.07, 6.45) is 3.76. The average molecular weight is 591 g/mol. The van der Waals surface area contributed by atoms with Gasteiger partial charge in [-0.2, -0.15) is 10.2 Å². The highest BCUT2D eigenvalue weighted by Crippen LogP contribution is 2.27. The molecule has 6 rings (SSSR count). The molecule has 13 heteroatoms. The molecule has 1 atom stereocenters. The summed E-state index contributed by atoms with van der Waals surface area (Å²) in [7, 11) is 0. The molecule has 1 N–H and O–H groups in total. The number of rotatable bonds is 10. The van der Waals surface area contributed by atoms with Crippen molar-refractivity contribution >= 4 is 17.0 Å². The fourth-order valence-corrected chi connectivity index (χ4v) is 5.21. The first kappa shape index (κ1) is 28.4. The number of carboxylic acid groups (broad SMARTS) is 1. The van der Waals surface area contributed by atoms with Gasteiger partial charge in [0.25, 0.3) is 0 Å². The van der Waals surface area contributed by atoms with Crippen LogP contribution in [0.1, 0.15) is 46.8 Å². The monoisotopic (exact) mass is 590 g/mol. The van der Waals surface area contributed by atoms with Crippen LogP contribution in [0.5, 0.6) is 11.6 Å². The maximum atomic E-state index is 14.8. The predicted molar refractivity (Wildman–Crippen MR) is 147 cm³/mol. The Hall–Kier alpha value is -4.67. The molecule has 0 spiro atoms. The van der Waals surface area contributed by atoms with E-state index in [0.29, 0.717) is 55.8 Å². The summed E-state index contributed by atoms with van der Waals surface area (Å²) in [6.45, 7) is 2.96. The van der Waals surface area contributed by atoms with Gasteiger partial charge in [-0.25, -0.2) is 23.5 Å². The number of carbonyl (C=O) groups is 1. The molecule has 0 aliphatic carbocycles. The summed E-state index contributed by atoms with van der Waals surface area (Å²) in [6, 6.07) is 9.97. The van der Waals surface area contributed by atoms with Crippen molar-refractivity contribution in [1.82, 2.24) is 24.4 Å². The molecule has 0 radical (unpaired) electrons. The van der Waals surface area contributed by atoms with Crippen molar-refractivity contribution in [2.75, 3.05) is 19.7 Å². The molecule has 222 valence electrons. The minimum atomic E-state index is -1.19. The zero-order valence-corrected chi connectivity index (χ0v) is 23.1. The van der Waals surface area contributed by atoms with Crippen molar-refractivity contribution in [2.45, 2.75) is 51.2 Å². The summed E-state index contributed by atoms with van der Waals surface area (Å²) in [5, 5.41) is 18.3. The summed E-state index contributed by atoms with van der Waals surface area (Å²) < 4.78 is 48.0. The van der Waals surface area contributed by atoms with E-state index in [2.05, 4.69) is 19.9 Å². The Bertz CT molecular complexity index is 1690. The zero-order valence-electron chi connectivity index (χ0n) is 23.1. The minimum Gasteiger partial charge on any atom is -0.483 e. The number of halogens is 2. The standard InChI is InChI=1S/C30H28F2N6O5/c31-22-11-18(14-33)1-2-25(22)42-17-26-34-7-3-28(35-26)43-20-4-8-37(9-5-20)16-27-36-29-23(32)12-19(30(39)40)13-24(29)38(27)15-21-6-10-41-21/h1-3,7,11-13,20-21H,4-6,8-10,15-17H2,(H,39,40)/t21-/m0/s1. The van der Waals surface area contributed by atoms with Crippen molar-refractivity contribution in [2.24, 2.45) is 0 Å². The molecule has 0 amide bonds. The smallest absolute Gasteiger partial charge is 0.335 e. The van der Waals surface area contributed by atoms with Gasteiger partial charge in [0, 0.05) is 32.0 Å². The first-order valence-electron chi connectivity index (χ1n) is 13.9. The van der Waals surface area contributed by atoms with E-state index in [9.17, 15) is 18.7 Å². The number of likely N-dealkylation sites (tertiary alicyclic amines) is 1. The lowest BCUT2D eigenvalue weighted by Crippen LogP contribution is -2.39. The summed E-state index contributed by atoms with van der Waals surface area (Å²) in [5.74, 6) is -1.12. The fourth-order valence-electron chi connectivity index (χ4n) is 5.21. The number of nitrogens with zero attached hydrogens (tertiary/aromatic N) is 6. The molecule has 0 saturated carbocycles. The summed E-state index contributed by atoms with van der Waals surface area (Å²) >= 11 is 0. The number of piperidine rings is 1. The highest BCUT2D eigenvalue weighted by molar-refractivity contribution is 5.92. The molecule has 43 heavy (non-hydrogen) atoms. The van der Waals surface area contributed by atoms with Crippen LogP contribution in [0.3, 0.4) is 0 Å². The molecule has 2 fully saturated rings. The molecule has 4 heterocycles. The van der Waals surface area contributed by atoms with Crippen LogP contribution in [0.25, 0.3) is 11.0 Å². The van der Waals surface area contributed by atoms with Gasteiger partial charge in [0.1, 0.15) is 24.1 Å². The van der Waals surface area contributed by atoms with E-state index >= 15 is 0 Å². The van der Waals surface area contributed by atoms with E-state index in [1.54, 1.807) is 12.3 Å². The highest BCUT2D eigenvalue weighted by Gasteiger charge is 2.27. The van der Waals surface area contributed by atoms with Gasteiger partial charge in [-0.1, -0.05) is 0 Å². The number of fused-ring (bicyclic) bond motifs is 1. The second-order valence-corrected chi connectivity index (χ2v) is 10.5. The summed E-state index contributed by atoms with van der Waals surface area (Å²) in [5.41, 5.74) is 0.688. The van der Waals surface area contributed by atoms with Gasteiger partial charge in [-0.3, -0.25) is 4.90 Å². The van der Waals surface area contributed by atoms with Gasteiger partial charge in [0.15, 0.2) is 23.2 Å². The SMILES string of the molecule is N#Cc1ccc(OCc2nccc(OC3CCN(Cc4nc5c(F)cc(C(=O)O)cc5n4C[C@@H]4CCO4)CC3)n2)c(F)c1. The third-order valence-corrected chi connectivity index (χ3v) is 7.60.